The third-order valence-corrected chi connectivity index (χ3v) is 3.70. The molecule has 1 N–H and O–H groups in total. The number of fused-ring (bicyclic) bond motifs is 1. The van der Waals surface area contributed by atoms with Crippen molar-refractivity contribution in [2.75, 3.05) is 26.9 Å². The largest absolute Gasteiger partial charge is 0.496 e. The van der Waals surface area contributed by atoms with Crippen LogP contribution in [0.15, 0.2) is 42.5 Å². The number of hydrogen-bond donors (Lipinski definition) is 1. The molecular formula is C18H22ClNO3. The smallest absolute Gasteiger partial charge is 0.161 e. The number of benzene rings is 2. The quantitative estimate of drug-likeness (QED) is 0.823. The second kappa shape index (κ2) is 8.65. The van der Waals surface area contributed by atoms with Gasteiger partial charge in [-0.3, -0.25) is 0 Å². The maximum absolute atomic E-state index is 5.60. The highest BCUT2D eigenvalue weighted by atomic mass is 35.5. The summed E-state index contributed by atoms with van der Waals surface area (Å²) in [5.41, 5.74) is 2.42. The predicted octanol–water partition coefficient (Wildman–Crippen LogP) is 3.22. The van der Waals surface area contributed by atoms with Crippen molar-refractivity contribution in [3.63, 3.8) is 0 Å². The molecule has 124 valence electrons. The molecule has 1 aliphatic heterocycles. The van der Waals surface area contributed by atoms with E-state index < -0.39 is 0 Å². The van der Waals surface area contributed by atoms with Gasteiger partial charge >= 0.3 is 0 Å². The highest BCUT2D eigenvalue weighted by molar-refractivity contribution is 5.85. The number of para-hydroxylation sites is 1. The summed E-state index contributed by atoms with van der Waals surface area (Å²) in [5.74, 6) is 2.63. The molecule has 0 aromatic heterocycles. The summed E-state index contributed by atoms with van der Waals surface area (Å²) in [6.07, 6.45) is 0.939. The number of ether oxygens (including phenoxy) is 3. The van der Waals surface area contributed by atoms with E-state index in [-0.39, 0.29) is 12.4 Å². The maximum atomic E-state index is 5.60. The minimum Gasteiger partial charge on any atom is -0.496 e. The molecule has 0 saturated carbocycles. The van der Waals surface area contributed by atoms with Gasteiger partial charge in [0.1, 0.15) is 19.0 Å². The van der Waals surface area contributed by atoms with Crippen LogP contribution in [0.1, 0.15) is 11.1 Å². The van der Waals surface area contributed by atoms with Crippen LogP contribution in [-0.4, -0.2) is 26.9 Å². The fourth-order valence-electron chi connectivity index (χ4n) is 2.56. The molecule has 0 unspecified atom stereocenters. The lowest BCUT2D eigenvalue weighted by molar-refractivity contribution is 0.171. The molecule has 0 atom stereocenters. The lowest BCUT2D eigenvalue weighted by Crippen LogP contribution is -2.18. The van der Waals surface area contributed by atoms with Crippen LogP contribution in [0.3, 0.4) is 0 Å². The first-order valence-electron chi connectivity index (χ1n) is 7.58. The molecule has 2 aromatic carbocycles. The molecule has 0 aliphatic carbocycles. The Bertz CT molecular complexity index is 633. The Labute approximate surface area is 143 Å². The van der Waals surface area contributed by atoms with Gasteiger partial charge < -0.3 is 19.5 Å². The number of methoxy groups -OCH3 is 1. The summed E-state index contributed by atoms with van der Waals surface area (Å²) in [5, 5.41) is 3.46. The Hall–Kier alpha value is -1.91. The molecule has 2 aromatic rings. The van der Waals surface area contributed by atoms with E-state index >= 15 is 0 Å². The van der Waals surface area contributed by atoms with Gasteiger partial charge in [-0.05, 0) is 42.3 Å². The van der Waals surface area contributed by atoms with Gasteiger partial charge in [0.15, 0.2) is 11.5 Å². The molecule has 0 spiro atoms. The van der Waals surface area contributed by atoms with Crippen LogP contribution in [0.4, 0.5) is 0 Å². The van der Waals surface area contributed by atoms with Crippen molar-refractivity contribution in [2.45, 2.75) is 13.0 Å². The molecule has 3 rings (SSSR count). The molecular weight excluding hydrogens is 314 g/mol. The van der Waals surface area contributed by atoms with E-state index in [1.54, 1.807) is 7.11 Å². The topological polar surface area (TPSA) is 39.7 Å². The van der Waals surface area contributed by atoms with E-state index in [4.69, 9.17) is 14.2 Å². The van der Waals surface area contributed by atoms with Gasteiger partial charge in [0.25, 0.3) is 0 Å². The first-order valence-corrected chi connectivity index (χ1v) is 7.58. The van der Waals surface area contributed by atoms with E-state index in [1.165, 1.54) is 11.1 Å². The van der Waals surface area contributed by atoms with Gasteiger partial charge in [-0.1, -0.05) is 24.3 Å². The van der Waals surface area contributed by atoms with Crippen molar-refractivity contribution < 1.29 is 14.2 Å². The van der Waals surface area contributed by atoms with Crippen LogP contribution in [0.5, 0.6) is 17.2 Å². The van der Waals surface area contributed by atoms with Crippen molar-refractivity contribution in [2.24, 2.45) is 0 Å². The van der Waals surface area contributed by atoms with E-state index in [1.807, 2.05) is 30.3 Å². The molecule has 5 heteroatoms. The van der Waals surface area contributed by atoms with E-state index in [0.717, 1.165) is 36.8 Å². The molecule has 0 radical (unpaired) electrons. The summed E-state index contributed by atoms with van der Waals surface area (Å²) >= 11 is 0. The average Bonchev–Trinajstić information content (AvgIpc) is 2.59. The second-order valence-electron chi connectivity index (χ2n) is 5.22. The molecule has 0 saturated heterocycles. The van der Waals surface area contributed by atoms with Gasteiger partial charge in [0.2, 0.25) is 0 Å². The summed E-state index contributed by atoms with van der Waals surface area (Å²) in [4.78, 5) is 0. The molecule has 0 fully saturated rings. The van der Waals surface area contributed by atoms with Crippen molar-refractivity contribution in [3.05, 3.63) is 53.6 Å². The van der Waals surface area contributed by atoms with Crippen molar-refractivity contribution in [1.82, 2.24) is 5.32 Å². The highest BCUT2D eigenvalue weighted by Crippen LogP contribution is 2.30. The third kappa shape index (κ3) is 4.53. The Kier molecular flexibility index (Phi) is 6.56. The van der Waals surface area contributed by atoms with E-state index in [9.17, 15) is 0 Å². The zero-order chi connectivity index (χ0) is 15.2. The molecule has 0 bridgehead atoms. The highest BCUT2D eigenvalue weighted by Gasteiger charge is 2.11. The zero-order valence-electron chi connectivity index (χ0n) is 13.2. The summed E-state index contributed by atoms with van der Waals surface area (Å²) in [6.45, 7) is 2.96. The Morgan fingerprint density at radius 1 is 1.04 bits per heavy atom. The molecule has 0 amide bonds. The molecule has 23 heavy (non-hydrogen) atoms. The van der Waals surface area contributed by atoms with Crippen molar-refractivity contribution in [3.8, 4) is 17.2 Å². The fraction of sp³-hybridized carbons (Fsp3) is 0.333. The average molecular weight is 336 g/mol. The van der Waals surface area contributed by atoms with Gasteiger partial charge in [-0.2, -0.15) is 0 Å². The van der Waals surface area contributed by atoms with Crippen LogP contribution in [0, 0.1) is 0 Å². The van der Waals surface area contributed by atoms with Crippen LogP contribution in [0.2, 0.25) is 0 Å². The Morgan fingerprint density at radius 2 is 1.83 bits per heavy atom. The predicted molar refractivity (Wildman–Crippen MR) is 93.1 cm³/mol. The number of rotatable bonds is 6. The zero-order valence-corrected chi connectivity index (χ0v) is 14.0. The Balaban J connectivity index is 0.00000192. The number of halogens is 1. The standard InChI is InChI=1S/C18H21NO3.ClH/c1-20-16-5-3-2-4-15(16)8-9-19-13-14-6-7-17-18(12-14)22-11-10-21-17;/h2-7,12,19H,8-11,13H2,1H3;1H. The minimum absolute atomic E-state index is 0. The van der Waals surface area contributed by atoms with Crippen molar-refractivity contribution in [1.29, 1.82) is 0 Å². The summed E-state index contributed by atoms with van der Waals surface area (Å²) < 4.78 is 16.5. The minimum atomic E-state index is 0. The van der Waals surface area contributed by atoms with E-state index in [0.29, 0.717) is 13.2 Å². The summed E-state index contributed by atoms with van der Waals surface area (Å²) in [6, 6.07) is 14.2. The van der Waals surface area contributed by atoms with E-state index in [2.05, 4.69) is 17.4 Å². The SMILES string of the molecule is COc1ccccc1CCNCc1ccc2c(c1)OCCO2.Cl. The van der Waals surface area contributed by atoms with Crippen LogP contribution in [-0.2, 0) is 13.0 Å². The first kappa shape index (κ1) is 17.4. The fourth-order valence-corrected chi connectivity index (χ4v) is 2.56. The van der Waals surface area contributed by atoms with Crippen LogP contribution in [0.25, 0.3) is 0 Å². The van der Waals surface area contributed by atoms with Gasteiger partial charge in [0, 0.05) is 6.54 Å². The van der Waals surface area contributed by atoms with Crippen molar-refractivity contribution >= 4 is 12.4 Å². The van der Waals surface area contributed by atoms with Crippen LogP contribution >= 0.6 is 12.4 Å². The third-order valence-electron chi connectivity index (χ3n) is 3.70. The van der Waals surface area contributed by atoms with Gasteiger partial charge in [-0.25, -0.2) is 0 Å². The van der Waals surface area contributed by atoms with Crippen LogP contribution < -0.4 is 19.5 Å². The number of nitrogens with one attached hydrogen (secondary N) is 1. The number of hydrogen-bond acceptors (Lipinski definition) is 4. The Morgan fingerprint density at radius 3 is 2.65 bits per heavy atom. The molecule has 4 nitrogen and oxygen atoms in total. The summed E-state index contributed by atoms with van der Waals surface area (Å²) in [7, 11) is 1.71. The second-order valence-corrected chi connectivity index (χ2v) is 5.22. The maximum Gasteiger partial charge on any atom is 0.161 e. The monoisotopic (exact) mass is 335 g/mol. The lowest BCUT2D eigenvalue weighted by atomic mass is 10.1. The normalized spacial score (nSPS) is 12.4. The molecule has 1 aliphatic rings. The lowest BCUT2D eigenvalue weighted by Gasteiger charge is -2.19. The first-order chi connectivity index (χ1) is 10.9. The van der Waals surface area contributed by atoms with Gasteiger partial charge in [-0.15, -0.1) is 12.4 Å². The van der Waals surface area contributed by atoms with Gasteiger partial charge in [0.05, 0.1) is 7.11 Å². The molecule has 1 heterocycles.